The van der Waals surface area contributed by atoms with E-state index in [1.54, 1.807) is 12.1 Å². The van der Waals surface area contributed by atoms with Crippen LogP contribution in [0.25, 0.3) is 10.9 Å². The fourth-order valence-corrected chi connectivity index (χ4v) is 1.57. The molecule has 88 valence electrons. The van der Waals surface area contributed by atoms with Crippen LogP contribution < -0.4 is 5.32 Å². The molecule has 0 radical (unpaired) electrons. The predicted molar refractivity (Wildman–Crippen MR) is 64.3 cm³/mol. The predicted octanol–water partition coefficient (Wildman–Crippen LogP) is 2.51. The Kier molecular flexibility index (Phi) is 3.32. The SMILES string of the molecule is CCCNC(=O)c1cnc2ccc(F)cc2c1. The van der Waals surface area contributed by atoms with Gasteiger partial charge in [0.25, 0.3) is 5.91 Å². The lowest BCUT2D eigenvalue weighted by molar-refractivity contribution is 0.0953. The monoisotopic (exact) mass is 232 g/mol. The number of rotatable bonds is 3. The highest BCUT2D eigenvalue weighted by atomic mass is 19.1. The molecule has 3 nitrogen and oxygen atoms in total. The first-order valence-corrected chi connectivity index (χ1v) is 5.54. The van der Waals surface area contributed by atoms with E-state index < -0.39 is 0 Å². The van der Waals surface area contributed by atoms with Gasteiger partial charge < -0.3 is 5.32 Å². The second kappa shape index (κ2) is 4.91. The summed E-state index contributed by atoms with van der Waals surface area (Å²) in [7, 11) is 0. The van der Waals surface area contributed by atoms with Crippen molar-refractivity contribution in [3.8, 4) is 0 Å². The van der Waals surface area contributed by atoms with Crippen LogP contribution in [0.5, 0.6) is 0 Å². The number of nitrogens with one attached hydrogen (secondary N) is 1. The molecule has 4 heteroatoms. The zero-order chi connectivity index (χ0) is 12.3. The first-order chi connectivity index (χ1) is 8.20. The standard InChI is InChI=1S/C13H13FN2O/c1-2-5-15-13(17)10-6-9-7-11(14)3-4-12(9)16-8-10/h3-4,6-8H,2,5H2,1H3,(H,15,17). The van der Waals surface area contributed by atoms with Gasteiger partial charge in [-0.3, -0.25) is 9.78 Å². The van der Waals surface area contributed by atoms with Crippen molar-refractivity contribution in [3.05, 3.63) is 41.8 Å². The smallest absolute Gasteiger partial charge is 0.252 e. The Balaban J connectivity index is 2.33. The molecule has 2 aromatic rings. The molecule has 2 rings (SSSR count). The lowest BCUT2D eigenvalue weighted by Gasteiger charge is -2.04. The maximum absolute atomic E-state index is 13.0. The summed E-state index contributed by atoms with van der Waals surface area (Å²) >= 11 is 0. The van der Waals surface area contributed by atoms with E-state index in [9.17, 15) is 9.18 Å². The Morgan fingerprint density at radius 3 is 3.00 bits per heavy atom. The third-order valence-corrected chi connectivity index (χ3v) is 2.44. The molecular weight excluding hydrogens is 219 g/mol. The van der Waals surface area contributed by atoms with Crippen molar-refractivity contribution in [1.29, 1.82) is 0 Å². The highest BCUT2D eigenvalue weighted by Gasteiger charge is 2.06. The zero-order valence-corrected chi connectivity index (χ0v) is 9.53. The van der Waals surface area contributed by atoms with Crippen molar-refractivity contribution in [2.75, 3.05) is 6.54 Å². The maximum atomic E-state index is 13.0. The van der Waals surface area contributed by atoms with Crippen LogP contribution in [0.4, 0.5) is 4.39 Å². The van der Waals surface area contributed by atoms with Crippen LogP contribution in [0.15, 0.2) is 30.5 Å². The van der Waals surface area contributed by atoms with E-state index in [-0.39, 0.29) is 11.7 Å². The molecule has 0 aliphatic rings. The second-order valence-electron chi connectivity index (χ2n) is 3.82. The van der Waals surface area contributed by atoms with Gasteiger partial charge in [0, 0.05) is 18.1 Å². The van der Waals surface area contributed by atoms with E-state index >= 15 is 0 Å². The lowest BCUT2D eigenvalue weighted by atomic mass is 10.1. The molecule has 0 aliphatic heterocycles. The van der Waals surface area contributed by atoms with Gasteiger partial charge in [-0.2, -0.15) is 0 Å². The number of benzene rings is 1. The number of fused-ring (bicyclic) bond motifs is 1. The molecule has 0 atom stereocenters. The van der Waals surface area contributed by atoms with Crippen LogP contribution in [-0.4, -0.2) is 17.4 Å². The van der Waals surface area contributed by atoms with Crippen LogP contribution in [0.3, 0.4) is 0 Å². The number of amides is 1. The third kappa shape index (κ3) is 2.58. The molecule has 1 heterocycles. The molecule has 0 saturated carbocycles. The van der Waals surface area contributed by atoms with E-state index in [0.29, 0.717) is 23.0 Å². The lowest BCUT2D eigenvalue weighted by Crippen LogP contribution is -2.24. The average molecular weight is 232 g/mol. The van der Waals surface area contributed by atoms with Crippen molar-refractivity contribution in [2.24, 2.45) is 0 Å². The number of carbonyl (C=O) groups is 1. The van der Waals surface area contributed by atoms with E-state index in [1.165, 1.54) is 18.3 Å². The highest BCUT2D eigenvalue weighted by molar-refractivity contribution is 5.97. The summed E-state index contributed by atoms with van der Waals surface area (Å²) in [6.45, 7) is 2.61. The van der Waals surface area contributed by atoms with Gasteiger partial charge in [0.15, 0.2) is 0 Å². The van der Waals surface area contributed by atoms with Gasteiger partial charge in [-0.15, -0.1) is 0 Å². The van der Waals surface area contributed by atoms with Gasteiger partial charge in [-0.1, -0.05) is 6.92 Å². The van der Waals surface area contributed by atoms with E-state index in [2.05, 4.69) is 10.3 Å². The fraction of sp³-hybridized carbons (Fsp3) is 0.231. The summed E-state index contributed by atoms with van der Waals surface area (Å²) in [6.07, 6.45) is 2.38. The van der Waals surface area contributed by atoms with Crippen LogP contribution in [0.2, 0.25) is 0 Å². The quantitative estimate of drug-likeness (QED) is 0.883. The van der Waals surface area contributed by atoms with Gasteiger partial charge in [-0.05, 0) is 30.7 Å². The Morgan fingerprint density at radius 2 is 2.24 bits per heavy atom. The number of nitrogens with zero attached hydrogens (tertiary/aromatic N) is 1. The van der Waals surface area contributed by atoms with Crippen molar-refractivity contribution in [2.45, 2.75) is 13.3 Å². The van der Waals surface area contributed by atoms with Gasteiger partial charge in [0.2, 0.25) is 0 Å². The molecule has 17 heavy (non-hydrogen) atoms. The van der Waals surface area contributed by atoms with E-state index in [1.807, 2.05) is 6.92 Å². The number of hydrogen-bond donors (Lipinski definition) is 1. The summed E-state index contributed by atoms with van der Waals surface area (Å²) in [4.78, 5) is 15.8. The fourth-order valence-electron chi connectivity index (χ4n) is 1.57. The first-order valence-electron chi connectivity index (χ1n) is 5.54. The summed E-state index contributed by atoms with van der Waals surface area (Å²) in [5, 5.41) is 3.39. The molecular formula is C13H13FN2O. The average Bonchev–Trinajstić information content (AvgIpc) is 2.35. The summed E-state index contributed by atoms with van der Waals surface area (Å²) in [5.74, 6) is -0.504. The van der Waals surface area contributed by atoms with Gasteiger partial charge in [0.1, 0.15) is 5.82 Å². The zero-order valence-electron chi connectivity index (χ0n) is 9.53. The minimum atomic E-state index is -0.328. The second-order valence-corrected chi connectivity index (χ2v) is 3.82. The number of carbonyl (C=O) groups excluding carboxylic acids is 1. The Bertz CT molecular complexity index is 554. The van der Waals surface area contributed by atoms with Crippen LogP contribution in [-0.2, 0) is 0 Å². The number of halogens is 1. The molecule has 0 fully saturated rings. The van der Waals surface area contributed by atoms with Crippen molar-refractivity contribution in [3.63, 3.8) is 0 Å². The van der Waals surface area contributed by atoms with Gasteiger partial charge in [0.05, 0.1) is 11.1 Å². The number of hydrogen-bond acceptors (Lipinski definition) is 2. The molecule has 1 amide bonds. The topological polar surface area (TPSA) is 42.0 Å². The van der Waals surface area contributed by atoms with Gasteiger partial charge in [-0.25, -0.2) is 4.39 Å². The molecule has 1 aromatic heterocycles. The molecule has 1 N–H and O–H groups in total. The Labute approximate surface area is 98.7 Å². The molecule has 0 bridgehead atoms. The summed E-state index contributed by atoms with van der Waals surface area (Å²) < 4.78 is 13.0. The normalized spacial score (nSPS) is 10.5. The summed E-state index contributed by atoms with van der Waals surface area (Å²) in [5.41, 5.74) is 1.13. The minimum absolute atomic E-state index is 0.175. The molecule has 0 spiro atoms. The van der Waals surface area contributed by atoms with Crippen molar-refractivity contribution in [1.82, 2.24) is 10.3 Å². The van der Waals surface area contributed by atoms with E-state index in [0.717, 1.165) is 6.42 Å². The van der Waals surface area contributed by atoms with Crippen LogP contribution in [0.1, 0.15) is 23.7 Å². The molecule has 0 saturated heterocycles. The van der Waals surface area contributed by atoms with Crippen LogP contribution in [0, 0.1) is 5.82 Å². The molecule has 0 unspecified atom stereocenters. The van der Waals surface area contributed by atoms with Crippen LogP contribution >= 0.6 is 0 Å². The third-order valence-electron chi connectivity index (χ3n) is 2.44. The highest BCUT2D eigenvalue weighted by Crippen LogP contribution is 2.14. The summed E-state index contributed by atoms with van der Waals surface area (Å²) in [6, 6.07) is 5.97. The van der Waals surface area contributed by atoms with Crippen molar-refractivity contribution < 1.29 is 9.18 Å². The Hall–Kier alpha value is -1.97. The van der Waals surface area contributed by atoms with Crippen molar-refractivity contribution >= 4 is 16.8 Å². The number of aromatic nitrogens is 1. The number of pyridine rings is 1. The van der Waals surface area contributed by atoms with Gasteiger partial charge >= 0.3 is 0 Å². The largest absolute Gasteiger partial charge is 0.352 e. The van der Waals surface area contributed by atoms with E-state index in [4.69, 9.17) is 0 Å². The minimum Gasteiger partial charge on any atom is -0.352 e. The Morgan fingerprint density at radius 1 is 1.41 bits per heavy atom. The first kappa shape index (κ1) is 11.5. The molecule has 1 aromatic carbocycles. The molecule has 0 aliphatic carbocycles. The maximum Gasteiger partial charge on any atom is 0.252 e.